The first-order chi connectivity index (χ1) is 9.76. The van der Waals surface area contributed by atoms with Crippen molar-refractivity contribution in [1.82, 2.24) is 10.3 Å². The van der Waals surface area contributed by atoms with Gasteiger partial charge in [0.2, 0.25) is 5.88 Å². The third-order valence-corrected chi connectivity index (χ3v) is 3.30. The van der Waals surface area contributed by atoms with Crippen molar-refractivity contribution >= 4 is 0 Å². The molecular formula is C17H30N2O. The van der Waals surface area contributed by atoms with Crippen LogP contribution in [0.1, 0.15) is 65.0 Å². The van der Waals surface area contributed by atoms with Crippen LogP contribution in [0.5, 0.6) is 5.88 Å². The fourth-order valence-corrected chi connectivity index (χ4v) is 2.14. The predicted octanol–water partition coefficient (Wildman–Crippen LogP) is 4.32. The summed E-state index contributed by atoms with van der Waals surface area (Å²) in [5.41, 5.74) is 1.05. The molecule has 0 spiro atoms. The molecule has 0 bridgehead atoms. The number of unbranched alkanes of at least 4 members (excludes halogenated alkanes) is 3. The standard InChI is InChI=1S/C17H30N2O/c1-4-6-7-8-10-15(3)20-17-12-9-11-16(19-17)14-18-13-5-2/h9,11-12,15,18H,4-8,10,13-14H2,1-3H3. The van der Waals surface area contributed by atoms with Crippen LogP contribution in [-0.2, 0) is 6.54 Å². The van der Waals surface area contributed by atoms with E-state index in [-0.39, 0.29) is 6.10 Å². The minimum atomic E-state index is 0.248. The number of hydrogen-bond donors (Lipinski definition) is 1. The average molecular weight is 278 g/mol. The zero-order valence-electron chi connectivity index (χ0n) is 13.3. The van der Waals surface area contributed by atoms with Crippen LogP contribution in [0.15, 0.2) is 18.2 Å². The maximum absolute atomic E-state index is 5.90. The molecule has 1 aromatic rings. The first-order valence-corrected chi connectivity index (χ1v) is 8.09. The Morgan fingerprint density at radius 1 is 1.15 bits per heavy atom. The van der Waals surface area contributed by atoms with Crippen molar-refractivity contribution in [1.29, 1.82) is 0 Å². The van der Waals surface area contributed by atoms with Gasteiger partial charge in [0.25, 0.3) is 0 Å². The van der Waals surface area contributed by atoms with Gasteiger partial charge in [-0.1, -0.05) is 39.2 Å². The summed E-state index contributed by atoms with van der Waals surface area (Å²) < 4.78 is 5.90. The van der Waals surface area contributed by atoms with Crippen LogP contribution in [-0.4, -0.2) is 17.6 Å². The van der Waals surface area contributed by atoms with Crippen molar-refractivity contribution in [3.8, 4) is 5.88 Å². The monoisotopic (exact) mass is 278 g/mol. The number of hydrogen-bond acceptors (Lipinski definition) is 3. The molecule has 1 N–H and O–H groups in total. The van der Waals surface area contributed by atoms with Gasteiger partial charge < -0.3 is 10.1 Å². The SMILES string of the molecule is CCCCCCC(C)Oc1cccc(CNCCC)n1. The molecule has 0 aromatic carbocycles. The highest BCUT2D eigenvalue weighted by atomic mass is 16.5. The maximum Gasteiger partial charge on any atom is 0.213 e. The van der Waals surface area contributed by atoms with Crippen molar-refractivity contribution in [3.63, 3.8) is 0 Å². The normalized spacial score (nSPS) is 12.3. The first-order valence-electron chi connectivity index (χ1n) is 8.09. The lowest BCUT2D eigenvalue weighted by Gasteiger charge is -2.14. The molecule has 1 rings (SSSR count). The number of pyridine rings is 1. The largest absolute Gasteiger partial charge is 0.475 e. The molecule has 0 saturated heterocycles. The van der Waals surface area contributed by atoms with Crippen molar-refractivity contribution in [2.24, 2.45) is 0 Å². The second-order valence-electron chi connectivity index (χ2n) is 5.42. The zero-order chi connectivity index (χ0) is 14.6. The Hall–Kier alpha value is -1.09. The van der Waals surface area contributed by atoms with Gasteiger partial charge in [-0.25, -0.2) is 4.98 Å². The summed E-state index contributed by atoms with van der Waals surface area (Å²) in [4.78, 5) is 4.54. The van der Waals surface area contributed by atoms with Gasteiger partial charge in [-0.3, -0.25) is 0 Å². The highest BCUT2D eigenvalue weighted by Gasteiger charge is 2.05. The van der Waals surface area contributed by atoms with E-state index in [2.05, 4.69) is 31.1 Å². The molecule has 0 aliphatic heterocycles. The van der Waals surface area contributed by atoms with Gasteiger partial charge in [0.15, 0.2) is 0 Å². The quantitative estimate of drug-likeness (QED) is 0.612. The van der Waals surface area contributed by atoms with E-state index in [9.17, 15) is 0 Å². The van der Waals surface area contributed by atoms with E-state index < -0.39 is 0 Å². The molecular weight excluding hydrogens is 248 g/mol. The molecule has 0 amide bonds. The minimum absolute atomic E-state index is 0.248. The molecule has 0 saturated carbocycles. The predicted molar refractivity (Wildman–Crippen MR) is 85.1 cm³/mol. The van der Waals surface area contributed by atoms with Crippen LogP contribution in [0.2, 0.25) is 0 Å². The Morgan fingerprint density at radius 2 is 2.00 bits per heavy atom. The maximum atomic E-state index is 5.90. The summed E-state index contributed by atoms with van der Waals surface area (Å²) in [6.45, 7) is 8.38. The number of rotatable bonds is 11. The van der Waals surface area contributed by atoms with Crippen LogP contribution in [0, 0.1) is 0 Å². The van der Waals surface area contributed by atoms with Crippen LogP contribution in [0.4, 0.5) is 0 Å². The topological polar surface area (TPSA) is 34.1 Å². The Balaban J connectivity index is 2.33. The zero-order valence-corrected chi connectivity index (χ0v) is 13.3. The number of ether oxygens (including phenoxy) is 1. The van der Waals surface area contributed by atoms with Crippen molar-refractivity contribution in [2.45, 2.75) is 71.9 Å². The second kappa shape index (κ2) is 10.7. The van der Waals surface area contributed by atoms with Crippen LogP contribution < -0.4 is 10.1 Å². The molecule has 1 atom stereocenters. The number of aromatic nitrogens is 1. The fourth-order valence-electron chi connectivity index (χ4n) is 2.14. The van der Waals surface area contributed by atoms with E-state index in [0.717, 1.165) is 37.5 Å². The molecule has 1 unspecified atom stereocenters. The lowest BCUT2D eigenvalue weighted by Crippen LogP contribution is -2.16. The Kier molecular flexibility index (Phi) is 9.05. The Bertz CT molecular complexity index is 355. The highest BCUT2D eigenvalue weighted by molar-refractivity contribution is 5.16. The first kappa shape index (κ1) is 17.0. The summed E-state index contributed by atoms with van der Waals surface area (Å²) in [6.07, 6.45) is 7.65. The van der Waals surface area contributed by atoms with Gasteiger partial charge in [-0.15, -0.1) is 0 Å². The van der Waals surface area contributed by atoms with E-state index in [1.165, 1.54) is 25.7 Å². The van der Waals surface area contributed by atoms with Crippen LogP contribution in [0.3, 0.4) is 0 Å². The lowest BCUT2D eigenvalue weighted by atomic mass is 10.1. The van der Waals surface area contributed by atoms with Crippen molar-refractivity contribution in [2.75, 3.05) is 6.54 Å². The van der Waals surface area contributed by atoms with E-state index in [1.807, 2.05) is 18.2 Å². The van der Waals surface area contributed by atoms with Crippen LogP contribution >= 0.6 is 0 Å². The van der Waals surface area contributed by atoms with Gasteiger partial charge in [0.1, 0.15) is 0 Å². The fraction of sp³-hybridized carbons (Fsp3) is 0.706. The van der Waals surface area contributed by atoms with E-state index in [1.54, 1.807) is 0 Å². The summed E-state index contributed by atoms with van der Waals surface area (Å²) in [5, 5.41) is 3.36. The summed E-state index contributed by atoms with van der Waals surface area (Å²) >= 11 is 0. The van der Waals surface area contributed by atoms with Gasteiger partial charge in [0.05, 0.1) is 11.8 Å². The molecule has 3 heteroatoms. The van der Waals surface area contributed by atoms with Crippen molar-refractivity contribution < 1.29 is 4.74 Å². The molecule has 20 heavy (non-hydrogen) atoms. The van der Waals surface area contributed by atoms with Gasteiger partial charge >= 0.3 is 0 Å². The molecule has 0 aliphatic rings. The summed E-state index contributed by atoms with van der Waals surface area (Å²) in [6, 6.07) is 6.02. The highest BCUT2D eigenvalue weighted by Crippen LogP contribution is 2.13. The minimum Gasteiger partial charge on any atom is -0.475 e. The van der Waals surface area contributed by atoms with Crippen LogP contribution in [0.25, 0.3) is 0 Å². The summed E-state index contributed by atoms with van der Waals surface area (Å²) in [5.74, 6) is 0.754. The van der Waals surface area contributed by atoms with E-state index in [4.69, 9.17) is 4.74 Å². The Labute approximate surface area is 124 Å². The smallest absolute Gasteiger partial charge is 0.213 e. The molecule has 1 aromatic heterocycles. The molecule has 0 aliphatic carbocycles. The molecule has 0 fully saturated rings. The average Bonchev–Trinajstić information content (AvgIpc) is 2.44. The summed E-state index contributed by atoms with van der Waals surface area (Å²) in [7, 11) is 0. The molecule has 1 heterocycles. The van der Waals surface area contributed by atoms with Gasteiger partial charge in [0, 0.05) is 12.6 Å². The molecule has 0 radical (unpaired) electrons. The third kappa shape index (κ3) is 7.49. The Morgan fingerprint density at radius 3 is 2.75 bits per heavy atom. The van der Waals surface area contributed by atoms with Crippen molar-refractivity contribution in [3.05, 3.63) is 23.9 Å². The second-order valence-corrected chi connectivity index (χ2v) is 5.42. The van der Waals surface area contributed by atoms with E-state index >= 15 is 0 Å². The third-order valence-electron chi connectivity index (χ3n) is 3.30. The van der Waals surface area contributed by atoms with E-state index in [0.29, 0.717) is 0 Å². The lowest BCUT2D eigenvalue weighted by molar-refractivity contribution is 0.197. The molecule has 114 valence electrons. The van der Waals surface area contributed by atoms with Gasteiger partial charge in [-0.05, 0) is 38.8 Å². The van der Waals surface area contributed by atoms with Gasteiger partial charge in [-0.2, -0.15) is 0 Å². The molecule has 3 nitrogen and oxygen atoms in total. The number of nitrogens with one attached hydrogen (secondary N) is 1. The number of nitrogens with zero attached hydrogens (tertiary/aromatic N) is 1.